The van der Waals surface area contributed by atoms with Crippen molar-refractivity contribution in [3.63, 3.8) is 0 Å². The van der Waals surface area contributed by atoms with Crippen LogP contribution in [0.15, 0.2) is 52.1 Å². The van der Waals surface area contributed by atoms with Gasteiger partial charge >= 0.3 is 12.1 Å². The fraction of sp³-hybridized carbons (Fsp3) is 0.355. The summed E-state index contributed by atoms with van der Waals surface area (Å²) in [5, 5.41) is 28.6. The molecule has 242 valence electrons. The molecule has 1 unspecified atom stereocenters. The van der Waals surface area contributed by atoms with Crippen LogP contribution in [0.25, 0.3) is 22.6 Å². The Balaban J connectivity index is 1.34. The summed E-state index contributed by atoms with van der Waals surface area (Å²) < 4.78 is 81.6. The van der Waals surface area contributed by atoms with Gasteiger partial charge < -0.3 is 24.5 Å². The van der Waals surface area contributed by atoms with Gasteiger partial charge in [0.1, 0.15) is 23.8 Å². The highest BCUT2D eigenvalue weighted by Gasteiger charge is 2.39. The van der Waals surface area contributed by atoms with Gasteiger partial charge in [-0.15, -0.1) is 0 Å². The van der Waals surface area contributed by atoms with Crippen LogP contribution in [-0.2, 0) is 22.3 Å². The highest BCUT2D eigenvalue weighted by Crippen LogP contribution is 2.45. The molecule has 0 radical (unpaired) electrons. The minimum atomic E-state index is -4.69. The predicted molar refractivity (Wildman–Crippen MR) is 152 cm³/mol. The number of carbonyl (C=O) groups excluding carboxylic acids is 1. The van der Waals surface area contributed by atoms with Gasteiger partial charge in [-0.05, 0) is 42.5 Å². The topological polar surface area (TPSA) is 137 Å². The van der Waals surface area contributed by atoms with Crippen molar-refractivity contribution >= 4 is 12.2 Å². The Bertz CT molecular complexity index is 1790. The maximum Gasteiger partial charge on any atom is 0.417 e. The molecule has 0 saturated heterocycles. The van der Waals surface area contributed by atoms with Gasteiger partial charge in [0.2, 0.25) is 6.04 Å². The number of aromatic nitrogens is 3. The summed E-state index contributed by atoms with van der Waals surface area (Å²) in [4.78, 5) is 20.7. The molecule has 4 aromatic rings. The minimum Gasteiger partial charge on any atom is -0.463 e. The van der Waals surface area contributed by atoms with Crippen molar-refractivity contribution in [2.45, 2.75) is 44.4 Å². The van der Waals surface area contributed by atoms with Crippen LogP contribution in [-0.4, -0.2) is 62.4 Å². The first-order valence-electron chi connectivity index (χ1n) is 14.3. The van der Waals surface area contributed by atoms with Crippen LogP contribution in [0, 0.1) is 17.0 Å². The fourth-order valence-electron chi connectivity index (χ4n) is 5.04. The lowest BCUT2D eigenvalue weighted by Crippen LogP contribution is -2.37. The number of ether oxygens (including phenoxy) is 1. The van der Waals surface area contributed by atoms with Crippen LogP contribution in [0.1, 0.15) is 60.0 Å². The van der Waals surface area contributed by atoms with E-state index in [1.807, 2.05) is 0 Å². The molecule has 1 saturated carbocycles. The number of H-pyrrole nitrogens is 1. The summed E-state index contributed by atoms with van der Waals surface area (Å²) in [7, 11) is 0. The van der Waals surface area contributed by atoms with Crippen LogP contribution in [0.2, 0.25) is 0 Å². The van der Waals surface area contributed by atoms with E-state index in [2.05, 4.69) is 20.2 Å². The Morgan fingerprint density at radius 1 is 1.13 bits per heavy atom. The average molecular weight is 646 g/mol. The first kappa shape index (κ1) is 31.4. The molecule has 15 heteroatoms. The molecule has 1 fully saturated rings. The van der Waals surface area contributed by atoms with Crippen LogP contribution in [0.5, 0.6) is 0 Å². The Morgan fingerprint density at radius 3 is 2.59 bits per heavy atom. The average Bonchev–Trinajstić information content (AvgIpc) is 3.63. The molecule has 2 aromatic carbocycles. The van der Waals surface area contributed by atoms with E-state index in [9.17, 15) is 37.0 Å². The highest BCUT2D eigenvalue weighted by molar-refractivity contribution is 5.82. The molecule has 3 N–H and O–H groups in total. The van der Waals surface area contributed by atoms with E-state index in [1.165, 1.54) is 42.4 Å². The quantitative estimate of drug-likeness (QED) is 0.156. The molecule has 1 aliphatic heterocycles. The molecule has 6 rings (SSSR count). The number of aliphatic hydroxyl groups is 2. The third kappa shape index (κ3) is 6.11. The third-order valence-corrected chi connectivity index (χ3v) is 7.99. The predicted octanol–water partition coefficient (Wildman–Crippen LogP) is 5.33. The molecule has 3 heterocycles. The number of carbonyl (C=O) groups is 1. The summed E-state index contributed by atoms with van der Waals surface area (Å²) in [5.41, 5.74) is -1.43. The first-order valence-corrected chi connectivity index (χ1v) is 14.3. The van der Waals surface area contributed by atoms with Gasteiger partial charge in [0.25, 0.3) is 0 Å². The van der Waals surface area contributed by atoms with E-state index in [0.29, 0.717) is 11.3 Å². The zero-order chi connectivity index (χ0) is 32.8. The summed E-state index contributed by atoms with van der Waals surface area (Å²) in [5.74, 6) is -3.27. The van der Waals surface area contributed by atoms with Crippen molar-refractivity contribution in [2.24, 2.45) is 10.5 Å². The van der Waals surface area contributed by atoms with Crippen LogP contribution < -0.4 is 0 Å². The van der Waals surface area contributed by atoms with Gasteiger partial charge in [-0.3, -0.25) is 5.01 Å². The molecule has 2 aromatic heterocycles. The standard InChI is InChI=1S/C31H28F5N5O5/c1-30(13-42,14-43)15-45-29(44)27(41-12-24-23(11-37-41)38-28(39-24)19-3-2-4-21(32)26(19)33)25-10-22(40-46-25)18-8-7-17(16-5-6-16)9-20(18)31(34,35)36/h2-4,7-11,16,27,42-43H,5-6,12-15H2,1H3,(H,38,39). The third-order valence-electron chi connectivity index (χ3n) is 7.99. The molecule has 0 amide bonds. The Kier molecular flexibility index (Phi) is 8.14. The van der Waals surface area contributed by atoms with Gasteiger partial charge in [0, 0.05) is 17.0 Å². The van der Waals surface area contributed by atoms with Crippen molar-refractivity contribution in [2.75, 3.05) is 19.8 Å². The maximum absolute atomic E-state index is 14.5. The Hall–Kier alpha value is -4.63. The number of alkyl halides is 3. The smallest absolute Gasteiger partial charge is 0.417 e. The Morgan fingerprint density at radius 2 is 1.89 bits per heavy atom. The maximum atomic E-state index is 14.5. The van der Waals surface area contributed by atoms with Crippen molar-refractivity contribution in [1.82, 2.24) is 20.1 Å². The molecule has 0 spiro atoms. The molecule has 1 aliphatic carbocycles. The van der Waals surface area contributed by atoms with E-state index in [-0.39, 0.29) is 46.6 Å². The number of hydrogen-bond donors (Lipinski definition) is 3. The molecule has 10 nitrogen and oxygen atoms in total. The number of esters is 1. The second-order valence-corrected chi connectivity index (χ2v) is 11.7. The number of aromatic amines is 1. The number of nitrogens with one attached hydrogen (secondary N) is 1. The molecule has 0 bridgehead atoms. The normalized spacial score (nSPS) is 15.6. The summed E-state index contributed by atoms with van der Waals surface area (Å²) >= 11 is 0. The summed E-state index contributed by atoms with van der Waals surface area (Å²) in [6.07, 6.45) is -1.80. The lowest BCUT2D eigenvalue weighted by molar-refractivity contribution is -0.157. The van der Waals surface area contributed by atoms with E-state index >= 15 is 0 Å². The van der Waals surface area contributed by atoms with Gasteiger partial charge in [-0.1, -0.05) is 30.3 Å². The number of rotatable bonds is 10. The molecule has 2 aliphatic rings. The number of halogens is 5. The first-order chi connectivity index (χ1) is 21.9. The lowest BCUT2D eigenvalue weighted by atomic mass is 9.94. The highest BCUT2D eigenvalue weighted by atomic mass is 19.4. The van der Waals surface area contributed by atoms with Gasteiger partial charge in [-0.2, -0.15) is 18.3 Å². The number of aliphatic hydroxyl groups excluding tert-OH is 2. The second kappa shape index (κ2) is 11.9. The van der Waals surface area contributed by atoms with Crippen molar-refractivity contribution < 1.29 is 46.2 Å². The zero-order valence-corrected chi connectivity index (χ0v) is 24.3. The molecule has 1 atom stereocenters. The zero-order valence-electron chi connectivity index (χ0n) is 24.3. The minimum absolute atomic E-state index is 0.00682. The number of fused-ring (bicyclic) bond motifs is 1. The van der Waals surface area contributed by atoms with Crippen LogP contribution >= 0.6 is 0 Å². The lowest BCUT2D eigenvalue weighted by Gasteiger charge is -2.29. The number of imidazole rings is 1. The largest absolute Gasteiger partial charge is 0.463 e. The van der Waals surface area contributed by atoms with Gasteiger partial charge in [0.15, 0.2) is 17.4 Å². The van der Waals surface area contributed by atoms with Crippen LogP contribution in [0.3, 0.4) is 0 Å². The number of hydrazone groups is 1. The van der Waals surface area contributed by atoms with Crippen molar-refractivity contribution in [3.8, 4) is 22.6 Å². The van der Waals surface area contributed by atoms with Gasteiger partial charge in [0.05, 0.1) is 42.8 Å². The van der Waals surface area contributed by atoms with Gasteiger partial charge in [-0.25, -0.2) is 18.6 Å². The fourth-order valence-corrected chi connectivity index (χ4v) is 5.04. The van der Waals surface area contributed by atoms with Crippen LogP contribution in [0.4, 0.5) is 22.0 Å². The summed E-state index contributed by atoms with van der Waals surface area (Å²) in [6, 6.07) is 7.35. The SMILES string of the molecule is CC(CO)(CO)COC(=O)C(c1cc(-c2ccc(C3CC3)cc2C(F)(F)F)no1)N1Cc2[nH]c(-c3cccc(F)c3F)nc2C=N1. The molecular weight excluding hydrogens is 617 g/mol. The van der Waals surface area contributed by atoms with E-state index in [0.717, 1.165) is 25.0 Å². The number of hydrogen-bond acceptors (Lipinski definition) is 9. The number of nitrogens with zero attached hydrogens (tertiary/aromatic N) is 4. The van der Waals surface area contributed by atoms with E-state index in [1.54, 1.807) is 6.07 Å². The monoisotopic (exact) mass is 645 g/mol. The Labute approximate surface area is 258 Å². The molecular formula is C31H28F5N5O5. The summed E-state index contributed by atoms with van der Waals surface area (Å²) in [6.45, 7) is -0.109. The van der Waals surface area contributed by atoms with E-state index < -0.39 is 60.6 Å². The van der Waals surface area contributed by atoms with Crippen molar-refractivity contribution in [3.05, 3.63) is 82.4 Å². The van der Waals surface area contributed by atoms with Crippen molar-refractivity contribution in [1.29, 1.82) is 0 Å². The molecule has 46 heavy (non-hydrogen) atoms. The van der Waals surface area contributed by atoms with E-state index in [4.69, 9.17) is 9.26 Å². The number of benzene rings is 2. The second-order valence-electron chi connectivity index (χ2n) is 11.7.